The van der Waals surface area contributed by atoms with Gasteiger partial charge in [-0.3, -0.25) is 0 Å². The van der Waals surface area contributed by atoms with Gasteiger partial charge in [-0.05, 0) is 59.7 Å². The summed E-state index contributed by atoms with van der Waals surface area (Å²) in [6.45, 7) is 2.60. The molecular weight excluding hydrogens is 366 g/mol. The van der Waals surface area contributed by atoms with Crippen molar-refractivity contribution >= 4 is 27.8 Å². The Morgan fingerprint density at radius 2 is 1.86 bits per heavy atom. The first-order valence-electron chi connectivity index (χ1n) is 9.19. The third-order valence-electron chi connectivity index (χ3n) is 5.29. The lowest BCUT2D eigenvalue weighted by Gasteiger charge is -2.11. The predicted octanol–water partition coefficient (Wildman–Crippen LogP) is 4.03. The van der Waals surface area contributed by atoms with Crippen molar-refractivity contribution in [3.8, 4) is 11.4 Å². The predicted molar refractivity (Wildman–Crippen MR) is 110 cm³/mol. The topological polar surface area (TPSA) is 96.7 Å². The van der Waals surface area contributed by atoms with Crippen LogP contribution in [0, 0.1) is 6.92 Å². The lowest BCUT2D eigenvalue weighted by Crippen LogP contribution is -2.03. The van der Waals surface area contributed by atoms with E-state index in [1.807, 2.05) is 31.2 Å². The van der Waals surface area contributed by atoms with E-state index in [1.165, 1.54) is 0 Å². The van der Waals surface area contributed by atoms with Crippen molar-refractivity contribution in [3.05, 3.63) is 77.4 Å². The maximum atomic E-state index is 11.2. The number of carboxylic acid groups (broad SMARTS) is 1. The van der Waals surface area contributed by atoms with Gasteiger partial charge in [0.15, 0.2) is 0 Å². The van der Waals surface area contributed by atoms with E-state index >= 15 is 0 Å². The molecular formula is C22H17N5O2. The zero-order chi connectivity index (χ0) is 20.0. The van der Waals surface area contributed by atoms with Crippen LogP contribution in [0.3, 0.4) is 0 Å². The van der Waals surface area contributed by atoms with Crippen molar-refractivity contribution in [2.24, 2.45) is 0 Å². The van der Waals surface area contributed by atoms with Gasteiger partial charge >= 0.3 is 5.97 Å². The van der Waals surface area contributed by atoms with Crippen LogP contribution in [0.25, 0.3) is 33.2 Å². The zero-order valence-electron chi connectivity index (χ0n) is 15.6. The number of H-pyrrole nitrogens is 1. The lowest BCUT2D eigenvalue weighted by atomic mass is 10.0. The summed E-state index contributed by atoms with van der Waals surface area (Å²) in [7, 11) is 0. The summed E-state index contributed by atoms with van der Waals surface area (Å²) in [5.74, 6) is -0.352. The minimum Gasteiger partial charge on any atom is -0.478 e. The summed E-state index contributed by atoms with van der Waals surface area (Å²) in [4.78, 5) is 11.2. The van der Waals surface area contributed by atoms with E-state index in [0.29, 0.717) is 17.9 Å². The molecule has 2 aromatic heterocycles. The summed E-state index contributed by atoms with van der Waals surface area (Å²) in [5.41, 5.74) is 5.46. The van der Waals surface area contributed by atoms with Crippen LogP contribution >= 0.6 is 0 Å². The fourth-order valence-electron chi connectivity index (χ4n) is 3.82. The molecule has 0 atom stereocenters. The number of aromatic nitrogens is 5. The Hall–Kier alpha value is -4.00. The molecule has 7 nitrogen and oxygen atoms in total. The highest BCUT2D eigenvalue weighted by atomic mass is 16.4. The quantitative estimate of drug-likeness (QED) is 0.488. The van der Waals surface area contributed by atoms with Crippen molar-refractivity contribution in [1.82, 2.24) is 25.2 Å². The number of carboxylic acids is 1. The van der Waals surface area contributed by atoms with E-state index in [4.69, 9.17) is 0 Å². The van der Waals surface area contributed by atoms with Gasteiger partial charge in [0.05, 0.1) is 5.56 Å². The number of aromatic carboxylic acids is 1. The summed E-state index contributed by atoms with van der Waals surface area (Å²) < 4.78 is 2.26. The first-order chi connectivity index (χ1) is 14.1. The van der Waals surface area contributed by atoms with Gasteiger partial charge in [-0.1, -0.05) is 24.3 Å². The van der Waals surface area contributed by atoms with Crippen LogP contribution in [-0.2, 0) is 6.54 Å². The second-order valence-corrected chi connectivity index (χ2v) is 7.02. The minimum atomic E-state index is -0.912. The van der Waals surface area contributed by atoms with Crippen molar-refractivity contribution < 1.29 is 9.90 Å². The number of para-hydroxylation sites is 1. The Bertz CT molecular complexity index is 1370. The van der Waals surface area contributed by atoms with Gasteiger partial charge in [0.2, 0.25) is 5.82 Å². The molecule has 0 fully saturated rings. The molecule has 0 saturated heterocycles. The lowest BCUT2D eigenvalue weighted by molar-refractivity contribution is 0.0696. The van der Waals surface area contributed by atoms with Gasteiger partial charge in [-0.25, -0.2) is 4.79 Å². The maximum absolute atomic E-state index is 11.2. The number of benzene rings is 3. The highest BCUT2D eigenvalue weighted by Crippen LogP contribution is 2.32. The van der Waals surface area contributed by atoms with Gasteiger partial charge in [-0.15, -0.1) is 10.2 Å². The molecule has 0 bridgehead atoms. The number of aryl methyl sites for hydroxylation is 1. The van der Waals surface area contributed by atoms with Crippen molar-refractivity contribution in [3.63, 3.8) is 0 Å². The van der Waals surface area contributed by atoms with Gasteiger partial charge in [-0.2, -0.15) is 5.21 Å². The monoisotopic (exact) mass is 383 g/mol. The Balaban J connectivity index is 1.68. The van der Waals surface area contributed by atoms with Gasteiger partial charge in [0, 0.05) is 33.9 Å². The normalized spacial score (nSPS) is 11.3. The molecule has 0 aliphatic rings. The second-order valence-electron chi connectivity index (χ2n) is 7.02. The number of aromatic amines is 1. The zero-order valence-corrected chi connectivity index (χ0v) is 15.6. The van der Waals surface area contributed by atoms with Crippen LogP contribution < -0.4 is 0 Å². The molecule has 0 amide bonds. The van der Waals surface area contributed by atoms with Crippen molar-refractivity contribution in [2.75, 3.05) is 0 Å². The Morgan fingerprint density at radius 1 is 1.03 bits per heavy atom. The second kappa shape index (κ2) is 6.56. The number of rotatable bonds is 4. The van der Waals surface area contributed by atoms with E-state index in [1.54, 1.807) is 12.1 Å². The number of nitrogens with one attached hydrogen (secondary N) is 1. The molecule has 2 N–H and O–H groups in total. The van der Waals surface area contributed by atoms with Crippen LogP contribution in [0.1, 0.15) is 21.5 Å². The number of fused-ring (bicyclic) bond motifs is 3. The number of nitrogens with zero attached hydrogens (tertiary/aromatic N) is 4. The molecule has 3 aromatic carbocycles. The molecule has 0 radical (unpaired) electrons. The van der Waals surface area contributed by atoms with Crippen molar-refractivity contribution in [1.29, 1.82) is 0 Å². The van der Waals surface area contributed by atoms with Crippen LogP contribution in [0.5, 0.6) is 0 Å². The average molecular weight is 383 g/mol. The summed E-state index contributed by atoms with van der Waals surface area (Å²) in [5, 5.41) is 25.8. The Morgan fingerprint density at radius 3 is 2.62 bits per heavy atom. The fourth-order valence-corrected chi connectivity index (χ4v) is 3.82. The molecule has 5 aromatic rings. The van der Waals surface area contributed by atoms with E-state index in [-0.39, 0.29) is 0 Å². The highest BCUT2D eigenvalue weighted by molar-refractivity contribution is 6.09. The smallest absolute Gasteiger partial charge is 0.335 e. The minimum absolute atomic E-state index is 0.304. The van der Waals surface area contributed by atoms with Gasteiger partial charge < -0.3 is 9.67 Å². The van der Waals surface area contributed by atoms with Crippen LogP contribution in [0.4, 0.5) is 0 Å². The molecule has 0 aliphatic carbocycles. The van der Waals surface area contributed by atoms with E-state index in [9.17, 15) is 9.90 Å². The molecule has 29 heavy (non-hydrogen) atoms. The fraction of sp³-hybridized carbons (Fsp3) is 0.0909. The van der Waals surface area contributed by atoms with E-state index in [2.05, 4.69) is 49.5 Å². The highest BCUT2D eigenvalue weighted by Gasteiger charge is 2.14. The number of carbonyl (C=O) groups is 1. The maximum Gasteiger partial charge on any atom is 0.335 e. The molecule has 0 aliphatic heterocycles. The third-order valence-corrected chi connectivity index (χ3v) is 5.29. The average Bonchev–Trinajstić information content (AvgIpc) is 3.36. The third kappa shape index (κ3) is 2.84. The first-order valence-corrected chi connectivity index (χ1v) is 9.19. The molecule has 7 heteroatoms. The summed E-state index contributed by atoms with van der Waals surface area (Å²) in [6.07, 6.45) is 0. The van der Waals surface area contributed by atoms with E-state index in [0.717, 1.165) is 38.5 Å². The largest absolute Gasteiger partial charge is 0.478 e. The molecule has 2 heterocycles. The Labute approximate surface area is 165 Å². The van der Waals surface area contributed by atoms with Crippen molar-refractivity contribution in [2.45, 2.75) is 13.5 Å². The molecule has 142 valence electrons. The SMILES string of the molecule is Cc1cc(C(=O)O)ccc1Cn1c2ccccc2c2cc(-c3nn[nH]n3)ccc21. The molecule has 0 spiro atoms. The van der Waals surface area contributed by atoms with Crippen LogP contribution in [-0.4, -0.2) is 36.3 Å². The van der Waals surface area contributed by atoms with Gasteiger partial charge in [0.1, 0.15) is 0 Å². The standard InChI is InChI=1S/C22H17N5O2/c1-13-10-15(22(28)29)6-7-16(13)12-27-19-5-3-2-4-17(19)18-11-14(8-9-20(18)27)21-23-25-26-24-21/h2-11H,12H2,1H3,(H,28,29)(H,23,24,25,26). The van der Waals surface area contributed by atoms with Crippen LogP contribution in [0.15, 0.2) is 60.7 Å². The molecule has 0 saturated carbocycles. The summed E-state index contributed by atoms with van der Waals surface area (Å²) >= 11 is 0. The number of hydrogen-bond acceptors (Lipinski definition) is 4. The number of tetrazole rings is 1. The Kier molecular flexibility index (Phi) is 3.87. The van der Waals surface area contributed by atoms with Gasteiger partial charge in [0.25, 0.3) is 0 Å². The molecule has 0 unspecified atom stereocenters. The van der Waals surface area contributed by atoms with E-state index < -0.39 is 5.97 Å². The molecule has 5 rings (SSSR count). The number of hydrogen-bond donors (Lipinski definition) is 2. The summed E-state index contributed by atoms with van der Waals surface area (Å²) in [6, 6.07) is 19.7. The van der Waals surface area contributed by atoms with Crippen LogP contribution in [0.2, 0.25) is 0 Å². The first kappa shape index (κ1) is 17.1.